The molecule has 4 nitrogen and oxygen atoms in total. The molecule has 0 radical (unpaired) electrons. The summed E-state index contributed by atoms with van der Waals surface area (Å²) in [6, 6.07) is 0. The lowest BCUT2D eigenvalue weighted by Crippen LogP contribution is -2.15. The smallest absolute Gasteiger partial charge is 0.245 e. The fourth-order valence-electron chi connectivity index (χ4n) is 1.02. The van der Waals surface area contributed by atoms with Crippen molar-refractivity contribution < 1.29 is 0 Å². The van der Waals surface area contributed by atoms with Crippen LogP contribution in [-0.4, -0.2) is 33.7 Å². The normalized spacial score (nSPS) is 12.5. The highest BCUT2D eigenvalue weighted by atomic mass is 35.5. The Morgan fingerprint density at radius 2 is 2.13 bits per heavy atom. The quantitative estimate of drug-likeness (QED) is 0.888. The third-order valence-corrected chi connectivity index (χ3v) is 3.01. The number of hydrogen-bond acceptors (Lipinski definition) is 5. The van der Waals surface area contributed by atoms with E-state index >= 15 is 0 Å². The summed E-state index contributed by atoms with van der Waals surface area (Å²) in [7, 11) is 0. The number of nitrogens with zero attached hydrogens (tertiary/aromatic N) is 3. The molecule has 0 saturated heterocycles. The van der Waals surface area contributed by atoms with Crippen molar-refractivity contribution in [2.24, 2.45) is 5.92 Å². The summed E-state index contributed by atoms with van der Waals surface area (Å²) < 4.78 is 0. The third-order valence-electron chi connectivity index (χ3n) is 1.69. The molecule has 0 spiro atoms. The standard InChI is InChI=1S/C8H12Cl2N4S/c1-5(4-15-2)3-11-7-6(9)13-14-8(10)12-7/h5H,3-4H2,1-2H3,(H,11,12,14). The Morgan fingerprint density at radius 1 is 1.40 bits per heavy atom. The third kappa shape index (κ3) is 4.40. The number of anilines is 1. The number of rotatable bonds is 5. The summed E-state index contributed by atoms with van der Waals surface area (Å²) in [5.74, 6) is 2.10. The van der Waals surface area contributed by atoms with Crippen LogP contribution in [-0.2, 0) is 0 Å². The van der Waals surface area contributed by atoms with Gasteiger partial charge in [-0.1, -0.05) is 18.5 Å². The van der Waals surface area contributed by atoms with Crippen molar-refractivity contribution in [2.75, 3.05) is 23.9 Å². The molecule has 15 heavy (non-hydrogen) atoms. The van der Waals surface area contributed by atoms with E-state index < -0.39 is 0 Å². The van der Waals surface area contributed by atoms with Crippen LogP contribution in [0.15, 0.2) is 0 Å². The van der Waals surface area contributed by atoms with Crippen LogP contribution < -0.4 is 5.32 Å². The maximum absolute atomic E-state index is 5.79. The number of thioether (sulfide) groups is 1. The molecule has 0 aliphatic carbocycles. The molecule has 1 N–H and O–H groups in total. The second kappa shape index (κ2) is 6.35. The van der Waals surface area contributed by atoms with Crippen molar-refractivity contribution in [1.29, 1.82) is 0 Å². The molecule has 1 aromatic heterocycles. The Morgan fingerprint density at radius 3 is 2.80 bits per heavy atom. The molecule has 0 aliphatic rings. The average molecular weight is 267 g/mol. The van der Waals surface area contributed by atoms with Crippen molar-refractivity contribution >= 4 is 40.8 Å². The van der Waals surface area contributed by atoms with E-state index in [-0.39, 0.29) is 10.4 Å². The predicted molar refractivity (Wildman–Crippen MR) is 65.9 cm³/mol. The Labute approximate surface area is 103 Å². The summed E-state index contributed by atoms with van der Waals surface area (Å²) in [5, 5.41) is 10.6. The topological polar surface area (TPSA) is 50.7 Å². The minimum absolute atomic E-state index is 0.0967. The summed E-state index contributed by atoms with van der Waals surface area (Å²) in [6.45, 7) is 2.93. The molecule has 7 heteroatoms. The summed E-state index contributed by atoms with van der Waals surface area (Å²) in [4.78, 5) is 3.95. The molecule has 0 fully saturated rings. The lowest BCUT2D eigenvalue weighted by Gasteiger charge is -2.11. The molecule has 84 valence electrons. The van der Waals surface area contributed by atoms with Gasteiger partial charge in [-0.15, -0.1) is 10.2 Å². The lowest BCUT2D eigenvalue weighted by molar-refractivity contribution is 0.698. The zero-order chi connectivity index (χ0) is 11.3. The molecule has 0 saturated carbocycles. The molecule has 1 heterocycles. The molecule has 1 rings (SSSR count). The van der Waals surface area contributed by atoms with E-state index in [1.807, 2.05) is 0 Å². The van der Waals surface area contributed by atoms with Crippen LogP contribution in [0.3, 0.4) is 0 Å². The number of halogens is 2. The van der Waals surface area contributed by atoms with E-state index in [4.69, 9.17) is 23.2 Å². The minimum Gasteiger partial charge on any atom is -0.367 e. The van der Waals surface area contributed by atoms with Crippen LogP contribution in [0.4, 0.5) is 5.82 Å². The van der Waals surface area contributed by atoms with Crippen LogP contribution in [0.5, 0.6) is 0 Å². The maximum Gasteiger partial charge on any atom is 0.245 e. The van der Waals surface area contributed by atoms with Crippen LogP contribution in [0.2, 0.25) is 10.4 Å². The molecular formula is C8H12Cl2N4S. The monoisotopic (exact) mass is 266 g/mol. The summed E-state index contributed by atoms with van der Waals surface area (Å²) in [5.41, 5.74) is 0. The lowest BCUT2D eigenvalue weighted by atomic mass is 10.2. The van der Waals surface area contributed by atoms with Crippen molar-refractivity contribution in [1.82, 2.24) is 15.2 Å². The van der Waals surface area contributed by atoms with Crippen LogP contribution in [0.1, 0.15) is 6.92 Å². The highest BCUT2D eigenvalue weighted by Gasteiger charge is 2.07. The fraction of sp³-hybridized carbons (Fsp3) is 0.625. The predicted octanol–water partition coefficient (Wildman–Crippen LogP) is 2.59. The van der Waals surface area contributed by atoms with Crippen LogP contribution >= 0.6 is 35.0 Å². The van der Waals surface area contributed by atoms with E-state index in [1.54, 1.807) is 11.8 Å². The molecule has 1 atom stereocenters. The number of aromatic nitrogens is 3. The van der Waals surface area contributed by atoms with Gasteiger partial charge in [0, 0.05) is 6.54 Å². The van der Waals surface area contributed by atoms with E-state index in [9.17, 15) is 0 Å². The Balaban J connectivity index is 2.53. The number of hydrogen-bond donors (Lipinski definition) is 1. The molecule has 0 amide bonds. The molecular weight excluding hydrogens is 255 g/mol. The van der Waals surface area contributed by atoms with E-state index in [1.165, 1.54) is 0 Å². The first-order chi connectivity index (χ1) is 7.13. The minimum atomic E-state index is 0.0967. The first-order valence-electron chi connectivity index (χ1n) is 4.42. The van der Waals surface area contributed by atoms with Crippen molar-refractivity contribution in [3.8, 4) is 0 Å². The van der Waals surface area contributed by atoms with Gasteiger partial charge in [0.15, 0.2) is 11.0 Å². The molecule has 0 bridgehead atoms. The first kappa shape index (κ1) is 12.8. The van der Waals surface area contributed by atoms with Crippen molar-refractivity contribution in [3.63, 3.8) is 0 Å². The first-order valence-corrected chi connectivity index (χ1v) is 6.57. The van der Waals surface area contributed by atoms with Crippen molar-refractivity contribution in [3.05, 3.63) is 10.4 Å². The van der Waals surface area contributed by atoms with Crippen LogP contribution in [0.25, 0.3) is 0 Å². The van der Waals surface area contributed by atoms with E-state index in [0.717, 1.165) is 12.3 Å². The second-order valence-electron chi connectivity index (χ2n) is 3.16. The SMILES string of the molecule is CSCC(C)CNc1nc(Cl)nnc1Cl. The van der Waals surface area contributed by atoms with Gasteiger partial charge in [0.05, 0.1) is 0 Å². The highest BCUT2D eigenvalue weighted by molar-refractivity contribution is 7.98. The summed E-state index contributed by atoms with van der Waals surface area (Å²) in [6.07, 6.45) is 2.08. The highest BCUT2D eigenvalue weighted by Crippen LogP contribution is 2.17. The zero-order valence-corrected chi connectivity index (χ0v) is 10.8. The summed E-state index contributed by atoms with van der Waals surface area (Å²) >= 11 is 13.2. The second-order valence-corrected chi connectivity index (χ2v) is 4.77. The molecule has 1 aromatic rings. The van der Waals surface area contributed by atoms with Crippen LogP contribution in [0, 0.1) is 5.92 Å². The molecule has 1 unspecified atom stereocenters. The molecule has 0 aromatic carbocycles. The van der Waals surface area contributed by atoms with Gasteiger partial charge in [-0.25, -0.2) is 0 Å². The van der Waals surface area contributed by atoms with Gasteiger partial charge in [-0.05, 0) is 29.5 Å². The Hall–Kier alpha value is -0.260. The Bertz CT molecular complexity index is 324. The maximum atomic E-state index is 5.79. The fourth-order valence-corrected chi connectivity index (χ4v) is 1.98. The number of nitrogens with one attached hydrogen (secondary N) is 1. The van der Waals surface area contributed by atoms with E-state index in [2.05, 4.69) is 33.7 Å². The zero-order valence-electron chi connectivity index (χ0n) is 8.50. The molecule has 0 aliphatic heterocycles. The van der Waals surface area contributed by atoms with Gasteiger partial charge in [0.25, 0.3) is 0 Å². The van der Waals surface area contributed by atoms with Gasteiger partial charge in [-0.3, -0.25) is 0 Å². The largest absolute Gasteiger partial charge is 0.367 e. The van der Waals surface area contributed by atoms with E-state index in [0.29, 0.717) is 11.7 Å². The average Bonchev–Trinajstić information content (AvgIpc) is 2.20. The van der Waals surface area contributed by atoms with Gasteiger partial charge >= 0.3 is 0 Å². The Kier molecular flexibility index (Phi) is 5.42. The van der Waals surface area contributed by atoms with Gasteiger partial charge < -0.3 is 5.32 Å². The van der Waals surface area contributed by atoms with Gasteiger partial charge in [0.2, 0.25) is 5.28 Å². The van der Waals surface area contributed by atoms with Gasteiger partial charge in [-0.2, -0.15) is 16.7 Å². The van der Waals surface area contributed by atoms with Crippen molar-refractivity contribution in [2.45, 2.75) is 6.92 Å². The van der Waals surface area contributed by atoms with Gasteiger partial charge in [0.1, 0.15) is 0 Å².